The quantitative estimate of drug-likeness (QED) is 0.699. The van der Waals surface area contributed by atoms with Crippen LogP contribution in [0.3, 0.4) is 0 Å². The van der Waals surface area contributed by atoms with Gasteiger partial charge in [-0.3, -0.25) is 9.69 Å². The minimum absolute atomic E-state index is 0.00234. The molecule has 2 aliphatic rings. The van der Waals surface area contributed by atoms with E-state index in [1.165, 1.54) is 30.4 Å². The van der Waals surface area contributed by atoms with Gasteiger partial charge in [0, 0.05) is 5.69 Å². The number of hydrogen-bond donors (Lipinski definition) is 0. The maximum absolute atomic E-state index is 12.7. The Morgan fingerprint density at radius 3 is 2.29 bits per heavy atom. The van der Waals surface area contributed by atoms with Gasteiger partial charge in [0.2, 0.25) is 5.91 Å². The van der Waals surface area contributed by atoms with E-state index in [0.29, 0.717) is 17.1 Å². The van der Waals surface area contributed by atoms with Crippen LogP contribution in [-0.4, -0.2) is 16.5 Å². The van der Waals surface area contributed by atoms with Crippen LogP contribution >= 0.6 is 11.8 Å². The summed E-state index contributed by atoms with van der Waals surface area (Å²) in [4.78, 5) is 14.9. The average molecular weight is 346 g/mol. The Morgan fingerprint density at radius 1 is 1.17 bits per heavy atom. The standard InChI is InChI=1S/C21H31NOS/c1-6-20(4,5)17-7-9-21(10-8-17)22(19(23)14-24-21)18-12-15(2)11-16(3)13-18/h11-13,17H,6-10,14H2,1-5H3. The minimum atomic E-state index is -0.00234. The molecule has 2 fully saturated rings. The number of amides is 1. The van der Waals surface area contributed by atoms with E-state index in [1.807, 2.05) is 11.8 Å². The van der Waals surface area contributed by atoms with Crippen molar-refractivity contribution in [2.24, 2.45) is 11.3 Å². The van der Waals surface area contributed by atoms with Crippen molar-refractivity contribution >= 4 is 23.4 Å². The summed E-state index contributed by atoms with van der Waals surface area (Å²) < 4.78 is 0. The van der Waals surface area contributed by atoms with E-state index in [2.05, 4.69) is 57.7 Å². The fraction of sp³-hybridized carbons (Fsp3) is 0.667. The van der Waals surface area contributed by atoms with Gasteiger partial charge in [-0.25, -0.2) is 0 Å². The Bertz CT molecular complexity index is 608. The van der Waals surface area contributed by atoms with E-state index in [1.54, 1.807) is 0 Å². The number of benzene rings is 1. The van der Waals surface area contributed by atoms with Gasteiger partial charge in [-0.15, -0.1) is 11.8 Å². The minimum Gasteiger partial charge on any atom is -0.296 e. The van der Waals surface area contributed by atoms with Crippen molar-refractivity contribution in [1.82, 2.24) is 0 Å². The van der Waals surface area contributed by atoms with Crippen molar-refractivity contribution in [3.8, 4) is 0 Å². The zero-order valence-electron chi connectivity index (χ0n) is 15.8. The molecule has 132 valence electrons. The highest BCUT2D eigenvalue weighted by Crippen LogP contribution is 2.53. The summed E-state index contributed by atoms with van der Waals surface area (Å²) in [6, 6.07) is 6.55. The highest BCUT2D eigenvalue weighted by atomic mass is 32.2. The van der Waals surface area contributed by atoms with Gasteiger partial charge in [0.1, 0.15) is 0 Å². The second-order valence-electron chi connectivity index (χ2n) is 8.43. The molecular weight excluding hydrogens is 314 g/mol. The lowest BCUT2D eigenvalue weighted by Crippen LogP contribution is -2.48. The highest BCUT2D eigenvalue weighted by Gasteiger charge is 2.50. The second kappa shape index (κ2) is 6.40. The molecule has 1 aliphatic carbocycles. The topological polar surface area (TPSA) is 20.3 Å². The van der Waals surface area contributed by atoms with Gasteiger partial charge in [-0.2, -0.15) is 0 Å². The molecule has 1 spiro atoms. The molecule has 3 rings (SSSR count). The van der Waals surface area contributed by atoms with Gasteiger partial charge in [0.05, 0.1) is 10.6 Å². The second-order valence-corrected chi connectivity index (χ2v) is 9.76. The normalized spacial score (nSPS) is 28.0. The molecule has 1 saturated carbocycles. The molecule has 2 nitrogen and oxygen atoms in total. The number of thioether (sulfide) groups is 1. The summed E-state index contributed by atoms with van der Waals surface area (Å²) in [6.07, 6.45) is 5.97. The molecule has 1 heterocycles. The van der Waals surface area contributed by atoms with Crippen molar-refractivity contribution in [2.45, 2.75) is 71.6 Å². The first kappa shape index (κ1) is 17.8. The largest absolute Gasteiger partial charge is 0.296 e. The van der Waals surface area contributed by atoms with E-state index in [4.69, 9.17) is 0 Å². The van der Waals surface area contributed by atoms with Crippen molar-refractivity contribution in [3.63, 3.8) is 0 Å². The first-order valence-electron chi connectivity index (χ1n) is 9.33. The third kappa shape index (κ3) is 3.12. The average Bonchev–Trinajstić information content (AvgIpc) is 2.83. The SMILES string of the molecule is CCC(C)(C)C1CCC2(CC1)SCC(=O)N2c1cc(C)cc(C)c1. The molecule has 1 saturated heterocycles. The van der Waals surface area contributed by atoms with Gasteiger partial charge in [-0.05, 0) is 74.1 Å². The number of rotatable bonds is 3. The summed E-state index contributed by atoms with van der Waals surface area (Å²) in [5.41, 5.74) is 4.01. The number of nitrogens with zero attached hydrogens (tertiary/aromatic N) is 1. The molecule has 3 heteroatoms. The lowest BCUT2D eigenvalue weighted by molar-refractivity contribution is -0.116. The van der Waals surface area contributed by atoms with Crippen molar-refractivity contribution in [1.29, 1.82) is 0 Å². The maximum Gasteiger partial charge on any atom is 0.238 e. The van der Waals surface area contributed by atoms with Crippen LogP contribution in [0.15, 0.2) is 18.2 Å². The first-order valence-corrected chi connectivity index (χ1v) is 10.3. The molecule has 0 atom stereocenters. The smallest absolute Gasteiger partial charge is 0.238 e. The van der Waals surface area contributed by atoms with E-state index in [-0.39, 0.29) is 4.87 Å². The monoisotopic (exact) mass is 345 g/mol. The summed E-state index contributed by atoms with van der Waals surface area (Å²) >= 11 is 1.89. The summed E-state index contributed by atoms with van der Waals surface area (Å²) in [5.74, 6) is 1.71. The van der Waals surface area contributed by atoms with Crippen LogP contribution in [-0.2, 0) is 4.79 Å². The van der Waals surface area contributed by atoms with E-state index >= 15 is 0 Å². The number of carbonyl (C=O) groups excluding carboxylic acids is 1. The van der Waals surface area contributed by atoms with Gasteiger partial charge >= 0.3 is 0 Å². The van der Waals surface area contributed by atoms with E-state index in [0.717, 1.165) is 24.4 Å². The van der Waals surface area contributed by atoms with E-state index < -0.39 is 0 Å². The lowest BCUT2D eigenvalue weighted by Gasteiger charge is -2.46. The van der Waals surface area contributed by atoms with Gasteiger partial charge < -0.3 is 0 Å². The molecule has 1 amide bonds. The predicted molar refractivity (Wildman–Crippen MR) is 105 cm³/mol. The number of carbonyl (C=O) groups is 1. The predicted octanol–water partition coefficient (Wildman–Crippen LogP) is 5.71. The van der Waals surface area contributed by atoms with Crippen molar-refractivity contribution < 1.29 is 4.79 Å². The number of hydrogen-bond acceptors (Lipinski definition) is 2. The van der Waals surface area contributed by atoms with Crippen LogP contribution in [0.5, 0.6) is 0 Å². The van der Waals surface area contributed by atoms with Gasteiger partial charge in [0.15, 0.2) is 0 Å². The molecule has 1 aromatic rings. The molecule has 0 N–H and O–H groups in total. The molecule has 1 aliphatic heterocycles. The highest BCUT2D eigenvalue weighted by molar-refractivity contribution is 8.02. The number of aryl methyl sites for hydroxylation is 2. The third-order valence-electron chi connectivity index (χ3n) is 6.37. The fourth-order valence-corrected chi connectivity index (χ4v) is 5.90. The maximum atomic E-state index is 12.7. The zero-order valence-corrected chi connectivity index (χ0v) is 16.6. The molecule has 0 unspecified atom stereocenters. The van der Waals surface area contributed by atoms with Crippen LogP contribution in [0, 0.1) is 25.2 Å². The Balaban J connectivity index is 1.86. The van der Waals surface area contributed by atoms with Crippen LogP contribution in [0.25, 0.3) is 0 Å². The molecule has 24 heavy (non-hydrogen) atoms. The number of anilines is 1. The van der Waals surface area contributed by atoms with Crippen LogP contribution in [0.2, 0.25) is 0 Å². The molecule has 0 aromatic heterocycles. The molecule has 0 bridgehead atoms. The Kier molecular flexibility index (Phi) is 4.76. The Labute approximate surface area is 151 Å². The third-order valence-corrected chi connectivity index (χ3v) is 7.89. The van der Waals surface area contributed by atoms with Crippen molar-refractivity contribution in [3.05, 3.63) is 29.3 Å². The molecule has 1 aromatic carbocycles. The van der Waals surface area contributed by atoms with Crippen LogP contribution < -0.4 is 4.90 Å². The van der Waals surface area contributed by atoms with Crippen LogP contribution in [0.1, 0.15) is 64.0 Å². The summed E-state index contributed by atoms with van der Waals surface area (Å²) in [5, 5.41) is 0. The molecule has 0 radical (unpaired) electrons. The van der Waals surface area contributed by atoms with Gasteiger partial charge in [-0.1, -0.05) is 33.3 Å². The lowest BCUT2D eigenvalue weighted by atomic mass is 9.68. The molecular formula is C21H31NOS. The zero-order chi connectivity index (χ0) is 17.5. The fourth-order valence-electron chi connectivity index (χ4n) is 4.52. The van der Waals surface area contributed by atoms with Gasteiger partial charge in [0.25, 0.3) is 0 Å². The van der Waals surface area contributed by atoms with Crippen LogP contribution in [0.4, 0.5) is 5.69 Å². The summed E-state index contributed by atoms with van der Waals surface area (Å²) in [7, 11) is 0. The Morgan fingerprint density at radius 2 is 1.75 bits per heavy atom. The van der Waals surface area contributed by atoms with Crippen molar-refractivity contribution in [2.75, 3.05) is 10.7 Å². The van der Waals surface area contributed by atoms with E-state index in [9.17, 15) is 4.79 Å². The summed E-state index contributed by atoms with van der Waals surface area (Å²) in [6.45, 7) is 11.4. The first-order chi connectivity index (χ1) is 11.3. The Hall–Kier alpha value is -0.960.